The number of ether oxygens (including phenoxy) is 2. The van der Waals surface area contributed by atoms with Crippen molar-refractivity contribution in [1.29, 1.82) is 0 Å². The highest BCUT2D eigenvalue weighted by molar-refractivity contribution is 6.31. The van der Waals surface area contributed by atoms with Crippen LogP contribution in [-0.4, -0.2) is 13.0 Å². The molecule has 0 aliphatic rings. The Kier molecular flexibility index (Phi) is 7.16. The zero-order valence-electron chi connectivity index (χ0n) is 11.0. The van der Waals surface area contributed by atoms with E-state index in [2.05, 4.69) is 11.7 Å². The van der Waals surface area contributed by atoms with Gasteiger partial charge in [0.25, 0.3) is 0 Å². The summed E-state index contributed by atoms with van der Waals surface area (Å²) in [6, 6.07) is 3.83. The van der Waals surface area contributed by atoms with E-state index in [1.54, 1.807) is 0 Å². The number of hydrogen-bond acceptors (Lipinski definition) is 2. The first kappa shape index (κ1) is 17.1. The minimum atomic E-state index is -4.71. The fourth-order valence-electron chi connectivity index (χ4n) is 1.58. The molecule has 1 aromatic rings. The second-order valence-electron chi connectivity index (χ2n) is 4.27. The molecule has 1 radical (unpaired) electrons. The summed E-state index contributed by atoms with van der Waals surface area (Å²) >= 11 is 5.89. The molecule has 1 aromatic carbocycles. The maximum absolute atomic E-state index is 12.0. The molecule has 0 aliphatic carbocycles. The highest BCUT2D eigenvalue weighted by Crippen LogP contribution is 2.27. The Morgan fingerprint density at radius 1 is 1.15 bits per heavy atom. The van der Waals surface area contributed by atoms with E-state index in [0.717, 1.165) is 31.7 Å². The molecule has 0 saturated heterocycles. The molecule has 0 atom stereocenters. The summed E-state index contributed by atoms with van der Waals surface area (Å²) in [7, 11) is 0. The van der Waals surface area contributed by atoms with Crippen LogP contribution in [0.25, 0.3) is 0 Å². The maximum Gasteiger partial charge on any atom is 0.573 e. The van der Waals surface area contributed by atoms with Crippen molar-refractivity contribution in [3.05, 3.63) is 35.7 Å². The van der Waals surface area contributed by atoms with Crippen LogP contribution < -0.4 is 4.74 Å². The predicted octanol–water partition coefficient (Wildman–Crippen LogP) is 5.15. The van der Waals surface area contributed by atoms with Crippen molar-refractivity contribution in [2.24, 2.45) is 0 Å². The van der Waals surface area contributed by atoms with Crippen LogP contribution in [0.3, 0.4) is 0 Å². The molecule has 0 aliphatic heterocycles. The Balaban J connectivity index is 2.40. The average Bonchev–Trinajstić information content (AvgIpc) is 2.34. The fourth-order valence-corrected chi connectivity index (χ4v) is 1.81. The SMILES string of the molecule is [CH2]CCCCCOCc1ccc(OC(F)(F)F)cc1Cl. The molecule has 0 spiro atoms. The molecule has 6 heteroatoms. The molecule has 2 nitrogen and oxygen atoms in total. The molecule has 0 unspecified atom stereocenters. The van der Waals surface area contributed by atoms with Gasteiger partial charge in [0, 0.05) is 11.6 Å². The normalized spacial score (nSPS) is 11.7. The van der Waals surface area contributed by atoms with E-state index < -0.39 is 6.36 Å². The second kappa shape index (κ2) is 8.37. The van der Waals surface area contributed by atoms with Crippen LogP contribution in [0.5, 0.6) is 5.75 Å². The number of halogens is 4. The summed E-state index contributed by atoms with van der Waals surface area (Å²) in [6.45, 7) is 4.61. The van der Waals surface area contributed by atoms with Crippen LogP contribution in [0.15, 0.2) is 18.2 Å². The van der Waals surface area contributed by atoms with Crippen molar-refractivity contribution in [3.63, 3.8) is 0 Å². The quantitative estimate of drug-likeness (QED) is 0.618. The van der Waals surface area contributed by atoms with Crippen molar-refractivity contribution >= 4 is 11.6 Å². The standard InChI is InChI=1S/C14H17ClF3O2/c1-2-3-4-5-8-19-10-11-6-7-12(9-13(11)15)20-14(16,17)18/h6-7,9H,1-5,8,10H2. The Labute approximate surface area is 121 Å². The highest BCUT2D eigenvalue weighted by Gasteiger charge is 2.31. The lowest BCUT2D eigenvalue weighted by Gasteiger charge is -2.11. The van der Waals surface area contributed by atoms with E-state index in [0.29, 0.717) is 12.2 Å². The minimum Gasteiger partial charge on any atom is -0.406 e. The first-order valence-corrected chi connectivity index (χ1v) is 6.71. The molecule has 0 saturated carbocycles. The number of alkyl halides is 3. The molecule has 1 rings (SSSR count). The second-order valence-corrected chi connectivity index (χ2v) is 4.68. The van der Waals surface area contributed by atoms with Gasteiger partial charge in [-0.1, -0.05) is 43.9 Å². The summed E-state index contributed by atoms with van der Waals surface area (Å²) < 4.78 is 45.3. The van der Waals surface area contributed by atoms with Gasteiger partial charge in [-0.05, 0) is 24.1 Å². The molecule has 0 bridgehead atoms. The van der Waals surface area contributed by atoms with Gasteiger partial charge in [-0.15, -0.1) is 13.2 Å². The Hall–Kier alpha value is -0.940. The van der Waals surface area contributed by atoms with Crippen LogP contribution in [0.4, 0.5) is 13.2 Å². The summed E-state index contributed by atoms with van der Waals surface area (Å²) in [5.41, 5.74) is 0.637. The van der Waals surface area contributed by atoms with Crippen LogP contribution in [0.1, 0.15) is 31.2 Å². The minimum absolute atomic E-state index is 0.199. The van der Waals surface area contributed by atoms with Gasteiger partial charge in [-0.25, -0.2) is 0 Å². The zero-order valence-corrected chi connectivity index (χ0v) is 11.8. The lowest BCUT2D eigenvalue weighted by molar-refractivity contribution is -0.274. The summed E-state index contributed by atoms with van der Waals surface area (Å²) in [4.78, 5) is 0. The lowest BCUT2D eigenvalue weighted by atomic mass is 10.2. The van der Waals surface area contributed by atoms with Gasteiger partial charge in [0.2, 0.25) is 0 Å². The third-order valence-corrected chi connectivity index (χ3v) is 2.91. The Morgan fingerprint density at radius 3 is 2.50 bits per heavy atom. The first-order valence-electron chi connectivity index (χ1n) is 6.33. The molecule has 20 heavy (non-hydrogen) atoms. The van der Waals surface area contributed by atoms with Gasteiger partial charge in [0.05, 0.1) is 6.61 Å². The van der Waals surface area contributed by atoms with Crippen LogP contribution in [0, 0.1) is 6.92 Å². The molecular weight excluding hydrogens is 293 g/mol. The van der Waals surface area contributed by atoms with Crippen LogP contribution >= 0.6 is 11.6 Å². The molecule has 0 N–H and O–H groups in total. The lowest BCUT2D eigenvalue weighted by Crippen LogP contribution is -2.17. The van der Waals surface area contributed by atoms with Crippen molar-refractivity contribution in [2.45, 2.75) is 38.7 Å². The fraction of sp³-hybridized carbons (Fsp3) is 0.500. The van der Waals surface area contributed by atoms with Gasteiger partial charge in [-0.2, -0.15) is 0 Å². The molecule has 0 aromatic heterocycles. The van der Waals surface area contributed by atoms with Crippen molar-refractivity contribution in [1.82, 2.24) is 0 Å². The third-order valence-electron chi connectivity index (χ3n) is 2.55. The summed E-state index contributed by atoms with van der Waals surface area (Å²) in [6.07, 6.45) is -0.756. The number of benzene rings is 1. The molecule has 0 fully saturated rings. The zero-order chi connectivity index (χ0) is 15.0. The summed E-state index contributed by atoms with van der Waals surface area (Å²) in [5, 5.41) is 0.199. The Bertz CT molecular complexity index is 408. The first-order chi connectivity index (χ1) is 9.42. The molecule has 113 valence electrons. The van der Waals surface area contributed by atoms with Crippen molar-refractivity contribution in [2.75, 3.05) is 6.61 Å². The van der Waals surface area contributed by atoms with E-state index in [9.17, 15) is 13.2 Å². The van der Waals surface area contributed by atoms with Crippen molar-refractivity contribution < 1.29 is 22.6 Å². The monoisotopic (exact) mass is 309 g/mol. The van der Waals surface area contributed by atoms with Crippen molar-refractivity contribution in [3.8, 4) is 5.75 Å². The number of rotatable bonds is 8. The van der Waals surface area contributed by atoms with Gasteiger partial charge in [0.15, 0.2) is 0 Å². The predicted molar refractivity (Wildman–Crippen MR) is 71.6 cm³/mol. The topological polar surface area (TPSA) is 18.5 Å². The highest BCUT2D eigenvalue weighted by atomic mass is 35.5. The largest absolute Gasteiger partial charge is 0.573 e. The van der Waals surface area contributed by atoms with E-state index in [1.165, 1.54) is 12.1 Å². The number of hydrogen-bond donors (Lipinski definition) is 0. The van der Waals surface area contributed by atoms with Gasteiger partial charge in [-0.3, -0.25) is 0 Å². The van der Waals surface area contributed by atoms with Gasteiger partial charge < -0.3 is 9.47 Å². The molecule has 0 heterocycles. The summed E-state index contributed by atoms with van der Waals surface area (Å²) in [5.74, 6) is -0.332. The maximum atomic E-state index is 12.0. The van der Waals surface area contributed by atoms with E-state index in [-0.39, 0.29) is 17.4 Å². The molecule has 0 amide bonds. The van der Waals surface area contributed by atoms with E-state index in [1.807, 2.05) is 0 Å². The van der Waals surface area contributed by atoms with E-state index >= 15 is 0 Å². The van der Waals surface area contributed by atoms with Crippen LogP contribution in [-0.2, 0) is 11.3 Å². The number of unbranched alkanes of at least 4 members (excludes halogenated alkanes) is 3. The third kappa shape index (κ3) is 7.01. The Morgan fingerprint density at radius 2 is 1.90 bits per heavy atom. The van der Waals surface area contributed by atoms with Crippen LogP contribution in [0.2, 0.25) is 5.02 Å². The smallest absolute Gasteiger partial charge is 0.406 e. The van der Waals surface area contributed by atoms with E-state index in [4.69, 9.17) is 16.3 Å². The van der Waals surface area contributed by atoms with Gasteiger partial charge in [0.1, 0.15) is 5.75 Å². The van der Waals surface area contributed by atoms with Gasteiger partial charge >= 0.3 is 6.36 Å². The average molecular weight is 310 g/mol. The molecular formula is C14H17ClF3O2.